The summed E-state index contributed by atoms with van der Waals surface area (Å²) in [5, 5.41) is 8.66. The minimum absolute atomic E-state index is 0.251. The van der Waals surface area contributed by atoms with Gasteiger partial charge in [-0.1, -0.05) is 41.9 Å². The van der Waals surface area contributed by atoms with Crippen molar-refractivity contribution in [1.29, 1.82) is 0 Å². The number of hydrogen-bond donors (Lipinski definition) is 1. The molecule has 1 aromatic heterocycles. The van der Waals surface area contributed by atoms with Gasteiger partial charge < -0.3 is 19.5 Å². The first-order valence-electron chi connectivity index (χ1n) is 10.8. The summed E-state index contributed by atoms with van der Waals surface area (Å²) < 4.78 is 19.7. The first kappa shape index (κ1) is 20.6. The van der Waals surface area contributed by atoms with E-state index in [1.165, 1.54) is 0 Å². The molecule has 0 spiro atoms. The first-order chi connectivity index (χ1) is 16.7. The van der Waals surface area contributed by atoms with Crippen LogP contribution in [-0.4, -0.2) is 29.0 Å². The molecule has 6 rings (SSSR count). The number of hydrogen-bond acceptors (Lipinski definition) is 6. The number of benzene rings is 3. The zero-order valence-corrected chi connectivity index (χ0v) is 19.3. The van der Waals surface area contributed by atoms with E-state index >= 15 is 0 Å². The number of halogens is 1. The van der Waals surface area contributed by atoms with Gasteiger partial charge in [0.25, 0.3) is 0 Å². The van der Waals surface area contributed by atoms with Gasteiger partial charge >= 0.3 is 0 Å². The van der Waals surface area contributed by atoms with E-state index in [2.05, 4.69) is 27.5 Å². The van der Waals surface area contributed by atoms with Gasteiger partial charge in [-0.15, -0.1) is 0 Å². The quantitative estimate of drug-likeness (QED) is 0.422. The van der Waals surface area contributed by atoms with E-state index in [1.54, 1.807) is 20.5 Å². The molecule has 0 aliphatic carbocycles. The highest BCUT2D eigenvalue weighted by molar-refractivity contribution is 6.30. The van der Waals surface area contributed by atoms with E-state index in [4.69, 9.17) is 25.8 Å². The second-order valence-corrected chi connectivity index (χ2v) is 8.48. The minimum atomic E-state index is -0.459. The number of methoxy groups -OCH3 is 2. The molecule has 3 aromatic carbocycles. The van der Waals surface area contributed by atoms with Crippen molar-refractivity contribution in [2.75, 3.05) is 19.5 Å². The van der Waals surface area contributed by atoms with Gasteiger partial charge in [-0.25, -0.2) is 4.68 Å². The Morgan fingerprint density at radius 1 is 1.00 bits per heavy atom. The fourth-order valence-electron chi connectivity index (χ4n) is 4.69. The van der Waals surface area contributed by atoms with Gasteiger partial charge in [-0.2, -0.15) is 10.1 Å². The Labute approximate surface area is 201 Å². The number of rotatable bonds is 4. The molecule has 34 heavy (non-hydrogen) atoms. The predicted octanol–water partition coefficient (Wildman–Crippen LogP) is 5.51. The average molecular weight is 473 g/mol. The highest BCUT2D eigenvalue weighted by Crippen LogP contribution is 2.52. The lowest BCUT2D eigenvalue weighted by molar-refractivity contribution is 0.217. The normalized spacial score (nSPS) is 18.2. The average Bonchev–Trinajstić information content (AvgIpc) is 3.35. The van der Waals surface area contributed by atoms with Gasteiger partial charge in [0.05, 0.1) is 19.9 Å². The lowest BCUT2D eigenvalue weighted by atomic mass is 9.84. The molecular weight excluding hydrogens is 452 g/mol. The van der Waals surface area contributed by atoms with Gasteiger partial charge in [0.2, 0.25) is 5.95 Å². The molecule has 0 unspecified atom stereocenters. The van der Waals surface area contributed by atoms with Crippen molar-refractivity contribution < 1.29 is 14.2 Å². The molecule has 4 aromatic rings. The van der Waals surface area contributed by atoms with Crippen LogP contribution in [0.15, 0.2) is 78.6 Å². The molecule has 3 heterocycles. The SMILES string of the molecule is COc1ccc([C@@H]2Oc3ccc(Cl)cc3C3=C2[C@H](c2ccccc2)n2ncnc2N3)c(OC)c1. The van der Waals surface area contributed by atoms with Crippen LogP contribution < -0.4 is 19.5 Å². The van der Waals surface area contributed by atoms with Crippen molar-refractivity contribution in [3.63, 3.8) is 0 Å². The number of anilines is 1. The van der Waals surface area contributed by atoms with Crippen LogP contribution in [0.1, 0.15) is 28.8 Å². The lowest BCUT2D eigenvalue weighted by Gasteiger charge is -2.39. The largest absolute Gasteiger partial charge is 0.497 e. The van der Waals surface area contributed by atoms with E-state index in [-0.39, 0.29) is 6.04 Å². The third kappa shape index (κ3) is 3.20. The Morgan fingerprint density at radius 3 is 2.65 bits per heavy atom. The van der Waals surface area contributed by atoms with Crippen LogP contribution in [0.2, 0.25) is 5.02 Å². The van der Waals surface area contributed by atoms with Crippen LogP contribution >= 0.6 is 11.6 Å². The zero-order chi connectivity index (χ0) is 23.2. The van der Waals surface area contributed by atoms with Gasteiger partial charge in [0, 0.05) is 27.8 Å². The monoisotopic (exact) mass is 472 g/mol. The molecule has 0 radical (unpaired) electrons. The highest BCUT2D eigenvalue weighted by atomic mass is 35.5. The lowest BCUT2D eigenvalue weighted by Crippen LogP contribution is -2.32. The molecule has 170 valence electrons. The summed E-state index contributed by atoms with van der Waals surface area (Å²) in [7, 11) is 3.28. The Bertz CT molecular complexity index is 1420. The number of nitrogens with zero attached hydrogens (tertiary/aromatic N) is 3. The molecule has 0 bridgehead atoms. The molecule has 0 fully saturated rings. The van der Waals surface area contributed by atoms with Crippen LogP contribution in [0.3, 0.4) is 0 Å². The van der Waals surface area contributed by atoms with Crippen LogP contribution in [0.4, 0.5) is 5.95 Å². The molecule has 2 aliphatic heterocycles. The Kier molecular flexibility index (Phi) is 4.92. The summed E-state index contributed by atoms with van der Waals surface area (Å²) in [6.45, 7) is 0. The van der Waals surface area contributed by atoms with Gasteiger partial charge in [-0.3, -0.25) is 0 Å². The van der Waals surface area contributed by atoms with Gasteiger partial charge in [0.1, 0.15) is 29.6 Å². The zero-order valence-electron chi connectivity index (χ0n) is 18.5. The summed E-state index contributed by atoms with van der Waals surface area (Å²) in [4.78, 5) is 4.46. The molecule has 2 aliphatic rings. The highest BCUT2D eigenvalue weighted by Gasteiger charge is 2.42. The second-order valence-electron chi connectivity index (χ2n) is 8.04. The van der Waals surface area contributed by atoms with Crippen molar-refractivity contribution >= 4 is 23.2 Å². The topological polar surface area (TPSA) is 70.4 Å². The fraction of sp³-hybridized carbons (Fsp3) is 0.154. The molecule has 0 saturated carbocycles. The maximum Gasteiger partial charge on any atom is 0.226 e. The Balaban J connectivity index is 1.64. The van der Waals surface area contributed by atoms with Gasteiger partial charge in [0.15, 0.2) is 6.10 Å². The third-order valence-corrected chi connectivity index (χ3v) is 6.45. The van der Waals surface area contributed by atoms with Crippen molar-refractivity contribution in [2.45, 2.75) is 12.1 Å². The van der Waals surface area contributed by atoms with Crippen LogP contribution in [-0.2, 0) is 0 Å². The van der Waals surface area contributed by atoms with Crippen LogP contribution in [0, 0.1) is 0 Å². The number of aromatic nitrogens is 3. The van der Waals surface area contributed by atoms with E-state index in [0.29, 0.717) is 22.5 Å². The Morgan fingerprint density at radius 2 is 1.85 bits per heavy atom. The van der Waals surface area contributed by atoms with Crippen LogP contribution in [0.25, 0.3) is 5.70 Å². The maximum atomic E-state index is 6.66. The predicted molar refractivity (Wildman–Crippen MR) is 130 cm³/mol. The fourth-order valence-corrected chi connectivity index (χ4v) is 4.86. The summed E-state index contributed by atoms with van der Waals surface area (Å²) >= 11 is 6.40. The number of nitrogens with one attached hydrogen (secondary N) is 1. The summed E-state index contributed by atoms with van der Waals surface area (Å²) in [5.41, 5.74) is 4.71. The first-order valence-corrected chi connectivity index (χ1v) is 11.2. The van der Waals surface area contributed by atoms with Crippen molar-refractivity contribution in [3.05, 3.63) is 100 Å². The summed E-state index contributed by atoms with van der Waals surface area (Å²) in [6.07, 6.45) is 1.10. The van der Waals surface area contributed by atoms with Crippen molar-refractivity contribution in [1.82, 2.24) is 14.8 Å². The third-order valence-electron chi connectivity index (χ3n) is 6.21. The van der Waals surface area contributed by atoms with E-state index < -0.39 is 6.10 Å². The second kappa shape index (κ2) is 8.11. The minimum Gasteiger partial charge on any atom is -0.497 e. The van der Waals surface area contributed by atoms with Crippen molar-refractivity contribution in [3.8, 4) is 17.2 Å². The van der Waals surface area contributed by atoms with Gasteiger partial charge in [-0.05, 0) is 35.9 Å². The van der Waals surface area contributed by atoms with E-state index in [9.17, 15) is 0 Å². The van der Waals surface area contributed by atoms with Crippen LogP contribution in [0.5, 0.6) is 17.2 Å². The maximum absolute atomic E-state index is 6.66. The molecule has 7 nitrogen and oxygen atoms in total. The summed E-state index contributed by atoms with van der Waals surface area (Å²) in [6, 6.07) is 21.3. The smallest absolute Gasteiger partial charge is 0.226 e. The molecule has 8 heteroatoms. The molecule has 0 amide bonds. The molecular formula is C26H21ClN4O3. The number of ether oxygens (including phenoxy) is 3. The van der Waals surface area contributed by atoms with Crippen molar-refractivity contribution in [2.24, 2.45) is 0 Å². The summed E-state index contributed by atoms with van der Waals surface area (Å²) in [5.74, 6) is 2.75. The van der Waals surface area contributed by atoms with E-state index in [1.807, 2.05) is 59.3 Å². The number of fused-ring (bicyclic) bond motifs is 3. The standard InChI is InChI=1S/C26H21ClN4O3/c1-32-17-9-10-18(21(13-17)33-2)25-22-23(19-12-16(27)8-11-20(19)34-25)30-26-28-14-29-31(26)24(22)15-6-4-3-5-7-15/h3-14,24-25H,1-2H3,(H,28,29,30)/t24-,25-/m0/s1. The van der Waals surface area contributed by atoms with E-state index in [0.717, 1.165) is 33.7 Å². The Hall–Kier alpha value is -3.97. The molecule has 0 saturated heterocycles. The molecule has 1 N–H and O–H groups in total. The molecule has 2 atom stereocenters.